The lowest BCUT2D eigenvalue weighted by Gasteiger charge is -2.04. The molecular weight excluding hydrogens is 275 g/mol. The van der Waals surface area contributed by atoms with Crippen LogP contribution in [0.15, 0.2) is 24.3 Å². The van der Waals surface area contributed by atoms with Crippen LogP contribution >= 0.6 is 22.9 Å². The van der Waals surface area contributed by atoms with Gasteiger partial charge in [0.2, 0.25) is 0 Å². The molecule has 2 aromatic rings. The fraction of sp³-hybridized carbons (Fsp3) is 0.0833. The van der Waals surface area contributed by atoms with E-state index in [1.54, 1.807) is 6.07 Å². The predicted octanol–water partition coefficient (Wildman–Crippen LogP) is 3.68. The lowest BCUT2D eigenvalue weighted by Crippen LogP contribution is -2.10. The number of benzene rings is 1. The summed E-state index contributed by atoms with van der Waals surface area (Å²) in [4.78, 5) is 13.2. The molecule has 0 unspecified atom stereocenters. The number of amides is 1. The van der Waals surface area contributed by atoms with E-state index >= 15 is 0 Å². The molecule has 0 spiro atoms. The highest BCUT2D eigenvalue weighted by atomic mass is 35.5. The van der Waals surface area contributed by atoms with Gasteiger partial charge in [0.25, 0.3) is 5.91 Å². The maximum absolute atomic E-state index is 13.1. The van der Waals surface area contributed by atoms with Crippen molar-refractivity contribution in [3.8, 4) is 0 Å². The first-order valence-electron chi connectivity index (χ1n) is 5.09. The van der Waals surface area contributed by atoms with E-state index in [2.05, 4.69) is 5.32 Å². The van der Waals surface area contributed by atoms with Crippen LogP contribution in [0.1, 0.15) is 14.5 Å². The number of nitrogen functional groups attached to an aromatic ring is 1. The number of hydrogen-bond donors (Lipinski definition) is 2. The first-order chi connectivity index (χ1) is 8.45. The maximum atomic E-state index is 13.1. The van der Waals surface area contributed by atoms with Crippen molar-refractivity contribution in [1.82, 2.24) is 0 Å². The molecular formula is C12H10ClFN2OS. The monoisotopic (exact) mass is 284 g/mol. The summed E-state index contributed by atoms with van der Waals surface area (Å²) >= 11 is 6.99. The van der Waals surface area contributed by atoms with E-state index in [1.165, 1.54) is 29.5 Å². The lowest BCUT2D eigenvalue weighted by molar-refractivity contribution is 0.103. The molecule has 94 valence electrons. The van der Waals surface area contributed by atoms with Crippen molar-refractivity contribution in [2.45, 2.75) is 6.92 Å². The number of anilines is 2. The van der Waals surface area contributed by atoms with Crippen molar-refractivity contribution in [2.75, 3.05) is 11.1 Å². The molecule has 1 heterocycles. The van der Waals surface area contributed by atoms with Gasteiger partial charge in [0.05, 0.1) is 4.88 Å². The third-order valence-corrected chi connectivity index (χ3v) is 3.58. The molecule has 0 radical (unpaired) electrons. The molecule has 0 bridgehead atoms. The van der Waals surface area contributed by atoms with E-state index in [0.29, 0.717) is 16.3 Å². The largest absolute Gasteiger partial charge is 0.398 e. The Kier molecular flexibility index (Phi) is 3.54. The average molecular weight is 285 g/mol. The van der Waals surface area contributed by atoms with Gasteiger partial charge in [-0.3, -0.25) is 4.79 Å². The third kappa shape index (κ3) is 2.80. The van der Waals surface area contributed by atoms with Crippen molar-refractivity contribution >= 4 is 40.2 Å². The number of rotatable bonds is 2. The Morgan fingerprint density at radius 2 is 2.11 bits per heavy atom. The molecule has 0 saturated carbocycles. The fourth-order valence-electron chi connectivity index (χ4n) is 1.43. The lowest BCUT2D eigenvalue weighted by atomic mass is 10.3. The fourth-order valence-corrected chi connectivity index (χ4v) is 2.48. The van der Waals surface area contributed by atoms with E-state index in [9.17, 15) is 9.18 Å². The third-order valence-electron chi connectivity index (χ3n) is 2.30. The summed E-state index contributed by atoms with van der Waals surface area (Å²) in [5, 5.41) is 2.80. The smallest absolute Gasteiger partial charge is 0.265 e. The Morgan fingerprint density at radius 1 is 1.39 bits per heavy atom. The summed E-state index contributed by atoms with van der Waals surface area (Å²) in [5.74, 6) is -0.832. The molecule has 0 saturated heterocycles. The highest BCUT2D eigenvalue weighted by molar-refractivity contribution is 7.14. The van der Waals surface area contributed by atoms with Crippen molar-refractivity contribution in [1.29, 1.82) is 0 Å². The number of nitrogens with one attached hydrogen (secondary N) is 1. The SMILES string of the molecule is Cc1sc(C(=O)Nc2cc(F)cc(Cl)c2)cc1N. The molecule has 0 aliphatic carbocycles. The van der Waals surface area contributed by atoms with Gasteiger partial charge in [-0.25, -0.2) is 4.39 Å². The highest BCUT2D eigenvalue weighted by Crippen LogP contribution is 2.25. The van der Waals surface area contributed by atoms with E-state index in [0.717, 1.165) is 4.88 Å². The zero-order valence-electron chi connectivity index (χ0n) is 9.46. The van der Waals surface area contributed by atoms with Crippen LogP contribution in [0.4, 0.5) is 15.8 Å². The van der Waals surface area contributed by atoms with Crippen LogP contribution in [0.5, 0.6) is 0 Å². The molecule has 18 heavy (non-hydrogen) atoms. The number of halogens is 2. The van der Waals surface area contributed by atoms with Gasteiger partial charge in [0.1, 0.15) is 5.82 Å². The minimum Gasteiger partial charge on any atom is -0.398 e. The van der Waals surface area contributed by atoms with Crippen molar-refractivity contribution in [2.24, 2.45) is 0 Å². The van der Waals surface area contributed by atoms with Gasteiger partial charge in [-0.05, 0) is 31.2 Å². The summed E-state index contributed by atoms with van der Waals surface area (Å²) in [6, 6.07) is 5.45. The molecule has 0 aliphatic heterocycles. The molecule has 1 aromatic heterocycles. The zero-order chi connectivity index (χ0) is 13.3. The Bertz CT molecular complexity index is 572. The molecule has 0 aliphatic rings. The predicted molar refractivity (Wildman–Crippen MR) is 72.8 cm³/mol. The first-order valence-corrected chi connectivity index (χ1v) is 6.28. The highest BCUT2D eigenvalue weighted by Gasteiger charge is 2.11. The van der Waals surface area contributed by atoms with Crippen LogP contribution in [0.3, 0.4) is 0 Å². The quantitative estimate of drug-likeness (QED) is 0.884. The van der Waals surface area contributed by atoms with E-state index in [1.807, 2.05) is 6.92 Å². The van der Waals surface area contributed by atoms with Gasteiger partial charge in [-0.2, -0.15) is 0 Å². The number of thiophene rings is 1. The number of aryl methyl sites for hydroxylation is 1. The molecule has 1 amide bonds. The number of carbonyl (C=O) groups excluding carboxylic acids is 1. The average Bonchev–Trinajstić information content (AvgIpc) is 2.57. The normalized spacial score (nSPS) is 10.4. The standard InChI is InChI=1S/C12H10ClFN2OS/c1-6-10(15)5-11(18-6)12(17)16-9-3-7(13)2-8(14)4-9/h2-5H,15H2,1H3,(H,16,17). The van der Waals surface area contributed by atoms with Crippen LogP contribution < -0.4 is 11.1 Å². The number of hydrogen-bond acceptors (Lipinski definition) is 3. The molecule has 0 fully saturated rings. The Balaban J connectivity index is 2.21. The second kappa shape index (κ2) is 4.96. The van der Waals surface area contributed by atoms with Crippen LogP contribution in [0.2, 0.25) is 5.02 Å². The van der Waals surface area contributed by atoms with Crippen LogP contribution in [-0.4, -0.2) is 5.91 Å². The molecule has 3 N–H and O–H groups in total. The first kappa shape index (κ1) is 12.9. The van der Waals surface area contributed by atoms with Crippen LogP contribution in [0, 0.1) is 12.7 Å². The summed E-state index contributed by atoms with van der Waals surface area (Å²) < 4.78 is 13.1. The van der Waals surface area contributed by atoms with Crippen molar-refractivity contribution in [3.05, 3.63) is 44.9 Å². The van der Waals surface area contributed by atoms with Crippen LogP contribution in [0.25, 0.3) is 0 Å². The summed E-state index contributed by atoms with van der Waals surface area (Å²) in [6.45, 7) is 1.83. The molecule has 6 heteroatoms. The van der Waals surface area contributed by atoms with Gasteiger partial charge in [-0.15, -0.1) is 11.3 Å². The van der Waals surface area contributed by atoms with Gasteiger partial charge >= 0.3 is 0 Å². The second-order valence-electron chi connectivity index (χ2n) is 3.73. The number of carbonyl (C=O) groups is 1. The second-order valence-corrected chi connectivity index (χ2v) is 5.43. The Labute approximate surface area is 112 Å². The van der Waals surface area contributed by atoms with Gasteiger partial charge in [0.15, 0.2) is 0 Å². The Morgan fingerprint density at radius 3 is 2.67 bits per heavy atom. The Hall–Kier alpha value is -1.59. The minimum absolute atomic E-state index is 0.229. The molecule has 3 nitrogen and oxygen atoms in total. The number of nitrogens with two attached hydrogens (primary N) is 1. The maximum Gasteiger partial charge on any atom is 0.265 e. The molecule has 1 aromatic carbocycles. The van der Waals surface area contributed by atoms with Gasteiger partial charge in [-0.1, -0.05) is 11.6 Å². The van der Waals surface area contributed by atoms with E-state index in [-0.39, 0.29) is 10.9 Å². The van der Waals surface area contributed by atoms with Crippen LogP contribution in [-0.2, 0) is 0 Å². The van der Waals surface area contributed by atoms with E-state index < -0.39 is 5.82 Å². The molecule has 0 atom stereocenters. The van der Waals surface area contributed by atoms with Gasteiger partial charge in [0, 0.05) is 21.3 Å². The minimum atomic E-state index is -0.500. The van der Waals surface area contributed by atoms with Gasteiger partial charge < -0.3 is 11.1 Å². The molecule has 2 rings (SSSR count). The summed E-state index contributed by atoms with van der Waals surface area (Å²) in [5.41, 5.74) is 6.56. The summed E-state index contributed by atoms with van der Waals surface area (Å²) in [6.07, 6.45) is 0. The van der Waals surface area contributed by atoms with E-state index in [4.69, 9.17) is 17.3 Å². The van der Waals surface area contributed by atoms with Crippen molar-refractivity contribution in [3.63, 3.8) is 0 Å². The summed E-state index contributed by atoms with van der Waals surface area (Å²) in [7, 11) is 0. The van der Waals surface area contributed by atoms with Crippen molar-refractivity contribution < 1.29 is 9.18 Å². The zero-order valence-corrected chi connectivity index (χ0v) is 11.0. The topological polar surface area (TPSA) is 55.1 Å².